The van der Waals surface area contributed by atoms with Crippen molar-refractivity contribution < 1.29 is 9.90 Å². The lowest BCUT2D eigenvalue weighted by Gasteiger charge is -2.31. The number of nitrogens with zero attached hydrogens (tertiary/aromatic N) is 4. The Morgan fingerprint density at radius 1 is 1.17 bits per heavy atom. The van der Waals surface area contributed by atoms with E-state index < -0.39 is 0 Å². The molecule has 0 spiro atoms. The molecule has 0 saturated carbocycles. The van der Waals surface area contributed by atoms with Crippen LogP contribution in [-0.4, -0.2) is 63.1 Å². The number of carbonyl (C=O) groups excluding carboxylic acids is 1. The van der Waals surface area contributed by atoms with Crippen LogP contribution in [0, 0.1) is 5.92 Å². The van der Waals surface area contributed by atoms with Gasteiger partial charge in [0, 0.05) is 45.8 Å². The number of β-amino-alcohol motifs (C(OH)–C–C–N with tert-alkyl or cyclic N) is 1. The highest BCUT2D eigenvalue weighted by Crippen LogP contribution is 2.21. The van der Waals surface area contributed by atoms with Crippen molar-refractivity contribution in [1.82, 2.24) is 19.8 Å². The van der Waals surface area contributed by atoms with E-state index in [9.17, 15) is 9.90 Å². The minimum absolute atomic E-state index is 0.180. The van der Waals surface area contributed by atoms with Gasteiger partial charge in [-0.15, -0.1) is 0 Å². The van der Waals surface area contributed by atoms with E-state index >= 15 is 0 Å². The van der Waals surface area contributed by atoms with E-state index in [1.54, 1.807) is 6.92 Å². The Morgan fingerprint density at radius 3 is 2.43 bits per heavy atom. The molecule has 6 heteroatoms. The first-order valence-corrected chi connectivity index (χ1v) is 8.56. The third-order valence-electron chi connectivity index (χ3n) is 4.95. The Kier molecular flexibility index (Phi) is 5.23. The summed E-state index contributed by atoms with van der Waals surface area (Å²) in [7, 11) is 0. The molecular weight excluding hydrogens is 292 g/mol. The molecule has 1 aromatic rings. The number of likely N-dealkylation sites (tertiary alicyclic amines) is 2. The molecule has 6 nitrogen and oxygen atoms in total. The van der Waals surface area contributed by atoms with Gasteiger partial charge >= 0.3 is 0 Å². The lowest BCUT2D eigenvalue weighted by molar-refractivity contribution is -0.130. The Morgan fingerprint density at radius 2 is 1.87 bits per heavy atom. The maximum absolute atomic E-state index is 11.3. The third-order valence-corrected chi connectivity index (χ3v) is 4.95. The zero-order valence-electron chi connectivity index (χ0n) is 13.8. The Balaban J connectivity index is 1.47. The molecule has 2 aliphatic heterocycles. The predicted octanol–water partition coefficient (Wildman–Crippen LogP) is 0.844. The second kappa shape index (κ2) is 7.36. The summed E-state index contributed by atoms with van der Waals surface area (Å²) in [6, 6.07) is 0. The van der Waals surface area contributed by atoms with Gasteiger partial charge in [0.1, 0.15) is 0 Å². The van der Waals surface area contributed by atoms with Gasteiger partial charge in [0.25, 0.3) is 0 Å². The van der Waals surface area contributed by atoms with Gasteiger partial charge in [0.2, 0.25) is 5.91 Å². The summed E-state index contributed by atoms with van der Waals surface area (Å²) in [6.45, 7) is 5.80. The molecule has 23 heavy (non-hydrogen) atoms. The highest BCUT2D eigenvalue weighted by Gasteiger charge is 2.22. The normalized spacial score (nSPS) is 23.4. The minimum atomic E-state index is -0.192. The van der Waals surface area contributed by atoms with Gasteiger partial charge in [-0.25, -0.2) is 0 Å². The molecule has 0 unspecified atom stereocenters. The molecule has 0 aliphatic carbocycles. The van der Waals surface area contributed by atoms with Gasteiger partial charge in [-0.1, -0.05) is 0 Å². The molecule has 1 amide bonds. The molecule has 1 N–H and O–H groups in total. The number of aliphatic hydroxyl groups excluding tert-OH is 1. The van der Waals surface area contributed by atoms with Crippen molar-refractivity contribution in [2.45, 2.75) is 45.3 Å². The van der Waals surface area contributed by atoms with E-state index in [-0.39, 0.29) is 12.0 Å². The Hall–Kier alpha value is -1.53. The number of piperidine rings is 1. The fourth-order valence-electron chi connectivity index (χ4n) is 3.50. The van der Waals surface area contributed by atoms with Crippen LogP contribution < -0.4 is 0 Å². The summed E-state index contributed by atoms with van der Waals surface area (Å²) in [5.74, 6) is 0.777. The number of rotatable bonds is 4. The van der Waals surface area contributed by atoms with E-state index in [2.05, 4.69) is 14.9 Å². The van der Waals surface area contributed by atoms with Gasteiger partial charge in [-0.3, -0.25) is 19.7 Å². The van der Waals surface area contributed by atoms with E-state index in [1.807, 2.05) is 17.3 Å². The SMILES string of the molecule is CC(=O)N1CCC(Cc2cnc(CN3CC[C@@H](O)C3)cn2)CC1. The predicted molar refractivity (Wildman–Crippen MR) is 86.6 cm³/mol. The van der Waals surface area contributed by atoms with Crippen LogP contribution in [-0.2, 0) is 17.8 Å². The van der Waals surface area contributed by atoms with Crippen molar-refractivity contribution in [3.8, 4) is 0 Å². The van der Waals surface area contributed by atoms with Crippen LogP contribution in [0.25, 0.3) is 0 Å². The van der Waals surface area contributed by atoms with Crippen LogP contribution in [0.1, 0.15) is 37.6 Å². The largest absolute Gasteiger partial charge is 0.392 e. The van der Waals surface area contributed by atoms with Crippen molar-refractivity contribution in [1.29, 1.82) is 0 Å². The lowest BCUT2D eigenvalue weighted by Crippen LogP contribution is -2.37. The van der Waals surface area contributed by atoms with Crippen LogP contribution in [0.3, 0.4) is 0 Å². The van der Waals surface area contributed by atoms with Crippen molar-refractivity contribution in [2.75, 3.05) is 26.2 Å². The van der Waals surface area contributed by atoms with Gasteiger partial charge in [0.15, 0.2) is 0 Å². The summed E-state index contributed by atoms with van der Waals surface area (Å²) in [5, 5.41) is 9.55. The van der Waals surface area contributed by atoms with Gasteiger partial charge in [-0.05, 0) is 31.6 Å². The average molecular weight is 318 g/mol. The van der Waals surface area contributed by atoms with E-state index in [0.717, 1.165) is 69.8 Å². The monoisotopic (exact) mass is 318 g/mol. The summed E-state index contributed by atoms with van der Waals surface area (Å²) in [5.41, 5.74) is 2.01. The number of carbonyl (C=O) groups is 1. The molecule has 126 valence electrons. The molecule has 2 aliphatic rings. The topological polar surface area (TPSA) is 69.6 Å². The lowest BCUT2D eigenvalue weighted by atomic mass is 9.92. The fraction of sp³-hybridized carbons (Fsp3) is 0.706. The first kappa shape index (κ1) is 16.3. The van der Waals surface area contributed by atoms with Gasteiger partial charge in [-0.2, -0.15) is 0 Å². The molecule has 3 rings (SSSR count). The van der Waals surface area contributed by atoms with Crippen molar-refractivity contribution in [3.63, 3.8) is 0 Å². The fourth-order valence-corrected chi connectivity index (χ4v) is 3.50. The second-order valence-corrected chi connectivity index (χ2v) is 6.83. The van der Waals surface area contributed by atoms with Crippen molar-refractivity contribution in [2.24, 2.45) is 5.92 Å². The first-order valence-electron chi connectivity index (χ1n) is 8.56. The Bertz CT molecular complexity index is 526. The van der Waals surface area contributed by atoms with Crippen LogP contribution >= 0.6 is 0 Å². The highest BCUT2D eigenvalue weighted by atomic mass is 16.3. The van der Waals surface area contributed by atoms with Crippen LogP contribution in [0.15, 0.2) is 12.4 Å². The van der Waals surface area contributed by atoms with Crippen molar-refractivity contribution >= 4 is 5.91 Å². The average Bonchev–Trinajstić information content (AvgIpc) is 2.95. The second-order valence-electron chi connectivity index (χ2n) is 6.83. The van der Waals surface area contributed by atoms with Crippen LogP contribution in [0.2, 0.25) is 0 Å². The van der Waals surface area contributed by atoms with Crippen LogP contribution in [0.5, 0.6) is 0 Å². The number of hydrogen-bond acceptors (Lipinski definition) is 5. The molecule has 2 fully saturated rings. The van der Waals surface area contributed by atoms with Gasteiger partial charge in [0.05, 0.1) is 23.7 Å². The zero-order valence-corrected chi connectivity index (χ0v) is 13.8. The quantitative estimate of drug-likeness (QED) is 0.891. The van der Waals surface area contributed by atoms with Crippen molar-refractivity contribution in [3.05, 3.63) is 23.8 Å². The van der Waals surface area contributed by atoms with E-state index in [4.69, 9.17) is 0 Å². The number of hydrogen-bond donors (Lipinski definition) is 1. The van der Waals surface area contributed by atoms with Crippen LogP contribution in [0.4, 0.5) is 0 Å². The minimum Gasteiger partial charge on any atom is -0.392 e. The molecule has 0 bridgehead atoms. The molecule has 0 radical (unpaired) electrons. The molecule has 1 atom stereocenters. The van der Waals surface area contributed by atoms with Gasteiger partial charge < -0.3 is 10.0 Å². The summed E-state index contributed by atoms with van der Waals surface area (Å²) >= 11 is 0. The summed E-state index contributed by atoms with van der Waals surface area (Å²) in [4.78, 5) is 24.6. The van der Waals surface area contributed by atoms with E-state index in [0.29, 0.717) is 5.92 Å². The zero-order chi connectivity index (χ0) is 16.2. The highest BCUT2D eigenvalue weighted by molar-refractivity contribution is 5.73. The first-order chi connectivity index (χ1) is 11.1. The Labute approximate surface area is 137 Å². The molecule has 3 heterocycles. The number of aliphatic hydroxyl groups is 1. The number of aromatic nitrogens is 2. The molecular formula is C17H26N4O2. The molecule has 2 saturated heterocycles. The third kappa shape index (κ3) is 4.48. The smallest absolute Gasteiger partial charge is 0.219 e. The van der Waals surface area contributed by atoms with E-state index in [1.165, 1.54) is 0 Å². The number of amides is 1. The standard InChI is InChI=1S/C17H26N4O2/c1-13(22)21-6-2-14(3-7-21)8-15-9-19-16(10-18-15)11-20-5-4-17(23)12-20/h9-10,14,17,23H,2-8,11-12H2,1H3/t17-/m1/s1. The maximum atomic E-state index is 11.3. The molecule has 1 aromatic heterocycles. The maximum Gasteiger partial charge on any atom is 0.219 e. The summed E-state index contributed by atoms with van der Waals surface area (Å²) < 4.78 is 0. The molecule has 0 aromatic carbocycles. The summed E-state index contributed by atoms with van der Waals surface area (Å²) in [6.07, 6.45) is 7.46.